The third kappa shape index (κ3) is 26.3. The Morgan fingerprint density at radius 2 is 0.500 bits per heavy atom. The number of unbranched alkanes of at least 4 members (excludes halogenated alkanes) is 19. The third-order valence-corrected chi connectivity index (χ3v) is 7.74. The molecule has 0 heteroatoms. The zero-order valence-corrected chi connectivity index (χ0v) is 23.5. The molecule has 0 aliphatic carbocycles. The second-order valence-electron chi connectivity index (χ2n) is 11.4. The summed E-state index contributed by atoms with van der Waals surface area (Å²) in [5, 5.41) is 0. The first-order chi connectivity index (χ1) is 15.7. The Balaban J connectivity index is 3.26. The van der Waals surface area contributed by atoms with E-state index in [1.165, 1.54) is 167 Å². The first-order valence-corrected chi connectivity index (χ1v) is 15.7. The fraction of sp³-hybridized carbons (Fsp3) is 1.00. The Hall–Kier alpha value is 0. The summed E-state index contributed by atoms with van der Waals surface area (Å²) in [5.41, 5.74) is 0. The van der Waals surface area contributed by atoms with E-state index in [1.807, 2.05) is 0 Å². The van der Waals surface area contributed by atoms with Crippen LogP contribution in [0.3, 0.4) is 0 Å². The number of hydrogen-bond donors (Lipinski definition) is 0. The molecule has 0 rings (SSSR count). The highest BCUT2D eigenvalue weighted by atomic mass is 14.1. The molecule has 0 heterocycles. The highest BCUT2D eigenvalue weighted by molar-refractivity contribution is 4.59. The maximum atomic E-state index is 2.50. The molecule has 2 atom stereocenters. The molecule has 2 unspecified atom stereocenters. The van der Waals surface area contributed by atoms with Crippen molar-refractivity contribution in [3.05, 3.63) is 0 Å². The molecule has 0 aromatic rings. The molecule has 194 valence electrons. The van der Waals surface area contributed by atoms with Crippen LogP contribution in [0, 0.1) is 11.8 Å². The monoisotopic (exact) mass is 451 g/mol. The molecule has 0 aromatic heterocycles. The normalized spacial score (nSPS) is 13.5. The van der Waals surface area contributed by atoms with Gasteiger partial charge >= 0.3 is 0 Å². The Morgan fingerprint density at radius 3 is 0.781 bits per heavy atom. The summed E-state index contributed by atoms with van der Waals surface area (Å²) < 4.78 is 0. The van der Waals surface area contributed by atoms with E-state index >= 15 is 0 Å². The molecule has 0 spiro atoms. The lowest BCUT2D eigenvalue weighted by atomic mass is 9.92. The predicted octanol–water partition coefficient (Wildman–Crippen LogP) is 12.4. The van der Waals surface area contributed by atoms with E-state index in [0.717, 1.165) is 11.8 Å². The molecule has 0 aliphatic rings. The van der Waals surface area contributed by atoms with Crippen LogP contribution in [-0.4, -0.2) is 0 Å². The van der Waals surface area contributed by atoms with E-state index < -0.39 is 0 Å². The molecule has 32 heavy (non-hydrogen) atoms. The lowest BCUT2D eigenvalue weighted by Gasteiger charge is -2.14. The van der Waals surface area contributed by atoms with Crippen molar-refractivity contribution in [2.24, 2.45) is 11.8 Å². The highest BCUT2D eigenvalue weighted by Gasteiger charge is 2.06. The third-order valence-electron chi connectivity index (χ3n) is 7.74. The fourth-order valence-electron chi connectivity index (χ4n) is 5.24. The van der Waals surface area contributed by atoms with Crippen molar-refractivity contribution in [3.63, 3.8) is 0 Å². The van der Waals surface area contributed by atoms with Gasteiger partial charge in [-0.3, -0.25) is 0 Å². The van der Waals surface area contributed by atoms with Crippen molar-refractivity contribution < 1.29 is 0 Å². The Labute approximate surface area is 206 Å². The standard InChI is InChI=1S/C32H66/c1-5-7-9-11-13-15-16-17-18-19-21-23-25-28-32(4)30-26-29-31(3)27-24-22-20-14-12-10-8-6-2/h31-32H,5-30H2,1-4H3. The molecular weight excluding hydrogens is 384 g/mol. The van der Waals surface area contributed by atoms with Crippen LogP contribution in [0.4, 0.5) is 0 Å². The van der Waals surface area contributed by atoms with Crippen molar-refractivity contribution in [2.75, 3.05) is 0 Å². The van der Waals surface area contributed by atoms with E-state index in [0.29, 0.717) is 0 Å². The molecule has 0 amide bonds. The SMILES string of the molecule is CCCCCCCCCCCCCCCC(C)CCCC(C)CCCCCCCCCC. The molecule has 0 saturated heterocycles. The zero-order valence-electron chi connectivity index (χ0n) is 23.5. The van der Waals surface area contributed by atoms with Crippen LogP contribution in [0.15, 0.2) is 0 Å². The molecular formula is C32H66. The smallest absolute Gasteiger partial charge is 0.0443 e. The van der Waals surface area contributed by atoms with E-state index in [4.69, 9.17) is 0 Å². The van der Waals surface area contributed by atoms with E-state index in [1.54, 1.807) is 0 Å². The minimum Gasteiger partial charge on any atom is -0.0654 e. The van der Waals surface area contributed by atoms with Gasteiger partial charge in [-0.05, 0) is 11.8 Å². The predicted molar refractivity (Wildman–Crippen MR) is 150 cm³/mol. The highest BCUT2D eigenvalue weighted by Crippen LogP contribution is 2.22. The molecule has 0 bridgehead atoms. The van der Waals surface area contributed by atoms with Gasteiger partial charge in [0.15, 0.2) is 0 Å². The molecule has 0 radical (unpaired) electrons. The van der Waals surface area contributed by atoms with Gasteiger partial charge in [0.05, 0.1) is 0 Å². The summed E-state index contributed by atoms with van der Waals surface area (Å²) in [6.45, 7) is 9.62. The van der Waals surface area contributed by atoms with E-state index in [2.05, 4.69) is 27.7 Å². The quantitative estimate of drug-likeness (QED) is 0.109. The topological polar surface area (TPSA) is 0 Å². The molecule has 0 aliphatic heterocycles. The van der Waals surface area contributed by atoms with Gasteiger partial charge in [-0.1, -0.05) is 195 Å². The molecule has 0 aromatic carbocycles. The maximum absolute atomic E-state index is 2.50. The molecule has 0 N–H and O–H groups in total. The van der Waals surface area contributed by atoms with Crippen LogP contribution in [0.2, 0.25) is 0 Å². The largest absolute Gasteiger partial charge is 0.0654 e. The second kappa shape index (κ2) is 27.2. The maximum Gasteiger partial charge on any atom is -0.0443 e. The minimum absolute atomic E-state index is 0.957. The van der Waals surface area contributed by atoms with Crippen LogP contribution in [0.1, 0.15) is 195 Å². The van der Waals surface area contributed by atoms with Gasteiger partial charge in [-0.15, -0.1) is 0 Å². The first-order valence-electron chi connectivity index (χ1n) is 15.7. The van der Waals surface area contributed by atoms with Crippen molar-refractivity contribution in [1.29, 1.82) is 0 Å². The van der Waals surface area contributed by atoms with Gasteiger partial charge in [0.1, 0.15) is 0 Å². The summed E-state index contributed by atoms with van der Waals surface area (Å²) in [4.78, 5) is 0. The summed E-state index contributed by atoms with van der Waals surface area (Å²) in [5.74, 6) is 1.91. The average molecular weight is 451 g/mol. The Morgan fingerprint density at radius 1 is 0.281 bits per heavy atom. The van der Waals surface area contributed by atoms with Crippen LogP contribution in [0.5, 0.6) is 0 Å². The second-order valence-corrected chi connectivity index (χ2v) is 11.4. The Bertz CT molecular complexity index is 320. The molecule has 0 nitrogen and oxygen atoms in total. The number of rotatable bonds is 27. The van der Waals surface area contributed by atoms with Crippen molar-refractivity contribution >= 4 is 0 Å². The minimum atomic E-state index is 0.957. The van der Waals surface area contributed by atoms with Crippen LogP contribution in [0.25, 0.3) is 0 Å². The van der Waals surface area contributed by atoms with Crippen LogP contribution >= 0.6 is 0 Å². The lowest BCUT2D eigenvalue weighted by Crippen LogP contribution is -1.99. The van der Waals surface area contributed by atoms with Crippen molar-refractivity contribution in [1.82, 2.24) is 0 Å². The first kappa shape index (κ1) is 32.0. The van der Waals surface area contributed by atoms with E-state index in [-0.39, 0.29) is 0 Å². The number of hydrogen-bond acceptors (Lipinski definition) is 0. The van der Waals surface area contributed by atoms with Gasteiger partial charge in [-0.25, -0.2) is 0 Å². The average Bonchev–Trinajstić information content (AvgIpc) is 2.78. The summed E-state index contributed by atoms with van der Waals surface area (Å²) in [6.07, 6.45) is 38.1. The van der Waals surface area contributed by atoms with Crippen LogP contribution < -0.4 is 0 Å². The fourth-order valence-corrected chi connectivity index (χ4v) is 5.24. The summed E-state index contributed by atoms with van der Waals surface area (Å²) in [6, 6.07) is 0. The van der Waals surface area contributed by atoms with Gasteiger partial charge < -0.3 is 0 Å². The van der Waals surface area contributed by atoms with Crippen molar-refractivity contribution in [2.45, 2.75) is 195 Å². The van der Waals surface area contributed by atoms with Gasteiger partial charge in [0.2, 0.25) is 0 Å². The van der Waals surface area contributed by atoms with Gasteiger partial charge in [0.25, 0.3) is 0 Å². The van der Waals surface area contributed by atoms with Crippen molar-refractivity contribution in [3.8, 4) is 0 Å². The molecule has 0 saturated carbocycles. The van der Waals surface area contributed by atoms with Crippen LogP contribution in [-0.2, 0) is 0 Å². The lowest BCUT2D eigenvalue weighted by molar-refractivity contribution is 0.390. The molecule has 0 fully saturated rings. The summed E-state index contributed by atoms with van der Waals surface area (Å²) >= 11 is 0. The zero-order chi connectivity index (χ0) is 23.5. The van der Waals surface area contributed by atoms with Gasteiger partial charge in [0, 0.05) is 0 Å². The summed E-state index contributed by atoms with van der Waals surface area (Å²) in [7, 11) is 0. The Kier molecular flexibility index (Phi) is 27.2. The van der Waals surface area contributed by atoms with Gasteiger partial charge in [-0.2, -0.15) is 0 Å². The van der Waals surface area contributed by atoms with E-state index in [9.17, 15) is 0 Å².